The first-order valence-electron chi connectivity index (χ1n) is 10.2. The summed E-state index contributed by atoms with van der Waals surface area (Å²) in [5.41, 5.74) is 0.483. The molecule has 0 unspecified atom stereocenters. The Hall–Kier alpha value is -2.30. The highest BCUT2D eigenvalue weighted by Crippen LogP contribution is 2.24. The van der Waals surface area contributed by atoms with Crippen LogP contribution in [0.15, 0.2) is 36.4 Å². The molecular formula is C23H34N2O3. The number of para-hydroxylation sites is 1. The number of nitrogens with zero attached hydrogens (tertiary/aromatic N) is 1. The van der Waals surface area contributed by atoms with Crippen molar-refractivity contribution in [2.45, 2.75) is 65.6 Å². The number of hydrogen-bond donors (Lipinski definition) is 1. The monoisotopic (exact) mass is 386 g/mol. The third-order valence-corrected chi connectivity index (χ3v) is 5.24. The van der Waals surface area contributed by atoms with Crippen molar-refractivity contribution in [3.8, 4) is 5.75 Å². The first-order valence-corrected chi connectivity index (χ1v) is 10.2. The highest BCUT2D eigenvalue weighted by atomic mass is 16.5. The van der Waals surface area contributed by atoms with Crippen LogP contribution in [-0.4, -0.2) is 41.9 Å². The molecule has 0 aromatic heterocycles. The number of nitrogens with one attached hydrogen (secondary N) is 1. The molecule has 1 aromatic carbocycles. The van der Waals surface area contributed by atoms with Gasteiger partial charge in [-0.25, -0.2) is 0 Å². The lowest BCUT2D eigenvalue weighted by atomic mass is 9.96. The molecule has 1 N–H and O–H groups in total. The van der Waals surface area contributed by atoms with E-state index in [0.717, 1.165) is 12.8 Å². The zero-order valence-electron chi connectivity index (χ0n) is 17.9. The van der Waals surface area contributed by atoms with Gasteiger partial charge in [0.2, 0.25) is 5.91 Å². The Morgan fingerprint density at radius 1 is 1.04 bits per heavy atom. The van der Waals surface area contributed by atoms with Crippen LogP contribution in [0.2, 0.25) is 0 Å². The number of likely N-dealkylation sites (N-methyl/N-ethyl adjacent to an activating group) is 1. The van der Waals surface area contributed by atoms with E-state index < -0.39 is 6.04 Å². The van der Waals surface area contributed by atoms with Crippen molar-refractivity contribution in [1.29, 1.82) is 0 Å². The summed E-state index contributed by atoms with van der Waals surface area (Å²) in [6.07, 6.45) is 5.66. The van der Waals surface area contributed by atoms with Crippen LogP contribution in [0.5, 0.6) is 5.75 Å². The molecular weight excluding hydrogens is 352 g/mol. The van der Waals surface area contributed by atoms with E-state index >= 15 is 0 Å². The van der Waals surface area contributed by atoms with Gasteiger partial charge in [0.25, 0.3) is 5.91 Å². The third kappa shape index (κ3) is 5.37. The fourth-order valence-corrected chi connectivity index (χ4v) is 3.55. The Morgan fingerprint density at radius 3 is 2.32 bits per heavy atom. The van der Waals surface area contributed by atoms with Gasteiger partial charge < -0.3 is 15.0 Å². The summed E-state index contributed by atoms with van der Waals surface area (Å²) >= 11 is 0. The summed E-state index contributed by atoms with van der Waals surface area (Å²) in [5.74, 6) is 0.523. The lowest BCUT2D eigenvalue weighted by Crippen LogP contribution is -2.53. The SMILES string of the molecule is CC(C)[C@@H]1C/C=C/C[C@H](C)Oc2ccccc2C(=O)N(C)[C@H](C(C)C)C(=O)N1. The van der Waals surface area contributed by atoms with Crippen molar-refractivity contribution in [2.24, 2.45) is 11.8 Å². The fraction of sp³-hybridized carbons (Fsp3) is 0.565. The van der Waals surface area contributed by atoms with Gasteiger partial charge in [-0.1, -0.05) is 52.0 Å². The summed E-state index contributed by atoms with van der Waals surface area (Å²) in [5, 5.41) is 3.17. The standard InChI is InChI=1S/C23H34N2O3/c1-15(2)19-13-9-7-11-17(5)28-20-14-10-8-12-18(20)23(27)25(6)21(16(3)4)22(26)24-19/h7-10,12,14-17,19,21H,11,13H2,1-6H3,(H,24,26)/b9-7+/t17-,19-,21+/m0/s1. The fourth-order valence-electron chi connectivity index (χ4n) is 3.55. The van der Waals surface area contributed by atoms with E-state index in [-0.39, 0.29) is 29.9 Å². The number of amides is 2. The van der Waals surface area contributed by atoms with Gasteiger partial charge in [-0.05, 0) is 37.3 Å². The zero-order chi connectivity index (χ0) is 20.8. The van der Waals surface area contributed by atoms with Crippen LogP contribution in [-0.2, 0) is 4.79 Å². The van der Waals surface area contributed by atoms with E-state index in [2.05, 4.69) is 31.3 Å². The Bertz CT molecular complexity index is 712. The van der Waals surface area contributed by atoms with E-state index in [4.69, 9.17) is 4.74 Å². The summed E-state index contributed by atoms with van der Waals surface area (Å²) in [6, 6.07) is 6.73. The van der Waals surface area contributed by atoms with Crippen LogP contribution in [0, 0.1) is 11.8 Å². The minimum atomic E-state index is -0.550. The first-order chi connectivity index (χ1) is 13.2. The van der Waals surface area contributed by atoms with E-state index in [1.807, 2.05) is 39.0 Å². The largest absolute Gasteiger partial charge is 0.490 e. The number of benzene rings is 1. The van der Waals surface area contributed by atoms with Crippen LogP contribution >= 0.6 is 0 Å². The normalized spacial score (nSPS) is 25.7. The van der Waals surface area contributed by atoms with Crippen molar-refractivity contribution in [1.82, 2.24) is 10.2 Å². The number of rotatable bonds is 2. The molecule has 0 saturated heterocycles. The topological polar surface area (TPSA) is 58.6 Å². The van der Waals surface area contributed by atoms with Crippen LogP contribution in [0.25, 0.3) is 0 Å². The zero-order valence-corrected chi connectivity index (χ0v) is 17.9. The second kappa shape index (κ2) is 9.76. The van der Waals surface area contributed by atoms with E-state index in [0.29, 0.717) is 17.2 Å². The molecule has 0 aliphatic carbocycles. The molecule has 2 rings (SSSR count). The molecule has 0 fully saturated rings. The highest BCUT2D eigenvalue weighted by Gasteiger charge is 2.33. The van der Waals surface area contributed by atoms with Crippen molar-refractivity contribution in [3.63, 3.8) is 0 Å². The highest BCUT2D eigenvalue weighted by molar-refractivity contribution is 5.99. The molecule has 3 atom stereocenters. The Balaban J connectivity index is 2.45. The number of carbonyl (C=O) groups is 2. The molecule has 1 aliphatic heterocycles. The van der Waals surface area contributed by atoms with Gasteiger partial charge in [0.1, 0.15) is 11.8 Å². The maximum atomic E-state index is 13.2. The molecule has 28 heavy (non-hydrogen) atoms. The molecule has 5 nitrogen and oxygen atoms in total. The van der Waals surface area contributed by atoms with E-state index in [1.54, 1.807) is 18.0 Å². The second-order valence-corrected chi connectivity index (χ2v) is 8.33. The molecule has 2 amide bonds. The number of ether oxygens (including phenoxy) is 1. The maximum absolute atomic E-state index is 13.2. The lowest BCUT2D eigenvalue weighted by molar-refractivity contribution is -0.127. The van der Waals surface area contributed by atoms with Crippen LogP contribution in [0.4, 0.5) is 0 Å². The maximum Gasteiger partial charge on any atom is 0.258 e. The van der Waals surface area contributed by atoms with Crippen molar-refractivity contribution >= 4 is 11.8 Å². The average molecular weight is 387 g/mol. The summed E-state index contributed by atoms with van der Waals surface area (Å²) < 4.78 is 6.06. The molecule has 0 spiro atoms. The minimum Gasteiger partial charge on any atom is -0.490 e. The van der Waals surface area contributed by atoms with Gasteiger partial charge in [-0.2, -0.15) is 0 Å². The van der Waals surface area contributed by atoms with Crippen molar-refractivity contribution < 1.29 is 14.3 Å². The van der Waals surface area contributed by atoms with E-state index in [9.17, 15) is 9.59 Å². The molecule has 1 aromatic rings. The predicted octanol–water partition coefficient (Wildman–Crippen LogP) is 4.04. The Morgan fingerprint density at radius 2 is 1.68 bits per heavy atom. The Kier molecular flexibility index (Phi) is 7.67. The Labute approximate surface area is 169 Å². The number of hydrogen-bond acceptors (Lipinski definition) is 3. The summed E-state index contributed by atoms with van der Waals surface area (Å²) in [7, 11) is 1.70. The third-order valence-electron chi connectivity index (χ3n) is 5.24. The van der Waals surface area contributed by atoms with Crippen LogP contribution in [0.1, 0.15) is 57.8 Å². The number of fused-ring (bicyclic) bond motifs is 1. The first kappa shape index (κ1) is 22.0. The minimum absolute atomic E-state index is 0.0165. The van der Waals surface area contributed by atoms with Gasteiger partial charge in [0, 0.05) is 19.5 Å². The number of carbonyl (C=O) groups excluding carboxylic acids is 2. The smallest absolute Gasteiger partial charge is 0.258 e. The predicted molar refractivity (Wildman–Crippen MR) is 112 cm³/mol. The quantitative estimate of drug-likeness (QED) is 0.781. The summed E-state index contributed by atoms with van der Waals surface area (Å²) in [4.78, 5) is 27.9. The van der Waals surface area contributed by atoms with Crippen molar-refractivity contribution in [3.05, 3.63) is 42.0 Å². The lowest BCUT2D eigenvalue weighted by Gasteiger charge is -2.33. The van der Waals surface area contributed by atoms with Gasteiger partial charge in [0.05, 0.1) is 11.7 Å². The second-order valence-electron chi connectivity index (χ2n) is 8.33. The van der Waals surface area contributed by atoms with E-state index in [1.165, 1.54) is 0 Å². The molecule has 0 saturated carbocycles. The molecule has 0 bridgehead atoms. The molecule has 1 heterocycles. The van der Waals surface area contributed by atoms with Gasteiger partial charge in [-0.3, -0.25) is 9.59 Å². The molecule has 0 radical (unpaired) electrons. The van der Waals surface area contributed by atoms with Crippen LogP contribution < -0.4 is 10.1 Å². The average Bonchev–Trinajstić information content (AvgIpc) is 2.63. The van der Waals surface area contributed by atoms with Gasteiger partial charge >= 0.3 is 0 Å². The van der Waals surface area contributed by atoms with Crippen LogP contribution in [0.3, 0.4) is 0 Å². The molecule has 154 valence electrons. The molecule has 5 heteroatoms. The molecule has 1 aliphatic rings. The van der Waals surface area contributed by atoms with Crippen molar-refractivity contribution in [2.75, 3.05) is 7.05 Å². The van der Waals surface area contributed by atoms with Gasteiger partial charge in [-0.15, -0.1) is 0 Å². The summed E-state index contributed by atoms with van der Waals surface area (Å²) in [6.45, 7) is 10.1. The van der Waals surface area contributed by atoms with Gasteiger partial charge in [0.15, 0.2) is 0 Å².